The summed E-state index contributed by atoms with van der Waals surface area (Å²) >= 11 is 1.31. The minimum atomic E-state index is -0.142. The lowest BCUT2D eigenvalue weighted by molar-refractivity contribution is 1.21. The second-order valence-corrected chi connectivity index (χ2v) is 3.42. The van der Waals surface area contributed by atoms with Crippen molar-refractivity contribution in [2.75, 3.05) is 0 Å². The number of thiazole rings is 1. The molecule has 1 heterocycles. The zero-order valence-electron chi connectivity index (χ0n) is 6.66. The first-order valence-electron chi connectivity index (χ1n) is 3.24. The van der Waals surface area contributed by atoms with Gasteiger partial charge in [0.1, 0.15) is 0 Å². The molecule has 0 saturated heterocycles. The van der Waals surface area contributed by atoms with E-state index >= 15 is 0 Å². The Morgan fingerprint density at radius 2 is 2.33 bits per heavy atom. The van der Waals surface area contributed by atoms with Crippen LogP contribution in [-0.4, -0.2) is 10.9 Å². The predicted octanol–water partition coefficient (Wildman–Crippen LogP) is 2.11. The van der Waals surface area contributed by atoms with Gasteiger partial charge >= 0.3 is 0 Å². The fraction of sp³-hybridized carbons (Fsp3) is 0.286. The molecule has 12 heavy (non-hydrogen) atoms. The molecule has 1 aromatic rings. The Labute approximate surface area is 73.4 Å². The van der Waals surface area contributed by atoms with Gasteiger partial charge < -0.3 is 5.41 Å². The van der Waals surface area contributed by atoms with Crippen molar-refractivity contribution in [3.05, 3.63) is 25.9 Å². The third kappa shape index (κ3) is 1.47. The molecule has 1 aromatic heterocycles. The Bertz CT molecular complexity index is 343. The summed E-state index contributed by atoms with van der Waals surface area (Å²) in [7, 11) is 0. The zero-order chi connectivity index (χ0) is 9.14. The van der Waals surface area contributed by atoms with Crippen molar-refractivity contribution in [1.29, 1.82) is 0 Å². The lowest BCUT2D eigenvalue weighted by Crippen LogP contribution is -1.79. The van der Waals surface area contributed by atoms with Crippen LogP contribution in [0.4, 0.5) is 0 Å². The van der Waals surface area contributed by atoms with Gasteiger partial charge in [-0.05, 0) is 19.0 Å². The number of aryl methyl sites for hydroxylation is 2. The summed E-state index contributed by atoms with van der Waals surface area (Å²) in [6.07, 6.45) is 0. The van der Waals surface area contributed by atoms with Gasteiger partial charge in [-0.25, -0.2) is 10.9 Å². The lowest BCUT2D eigenvalue weighted by Gasteiger charge is -1.86. The van der Waals surface area contributed by atoms with Crippen molar-refractivity contribution < 1.29 is 0 Å². The minimum absolute atomic E-state index is 0.142. The largest absolute Gasteiger partial charge is 0.761 e. The SMILES string of the molecule is Cc1nc(C(=C=[N-])N=O)sc1C. The molecule has 0 aliphatic carbocycles. The van der Waals surface area contributed by atoms with Gasteiger partial charge in [0, 0.05) is 4.88 Å². The average molecular weight is 180 g/mol. The Hall–Kier alpha value is -1.32. The van der Waals surface area contributed by atoms with Crippen LogP contribution < -0.4 is 0 Å². The van der Waals surface area contributed by atoms with E-state index in [1.165, 1.54) is 11.3 Å². The van der Waals surface area contributed by atoms with Gasteiger partial charge in [-0.2, -0.15) is 0 Å². The van der Waals surface area contributed by atoms with E-state index in [1.807, 2.05) is 13.8 Å². The van der Waals surface area contributed by atoms with Crippen LogP contribution in [0.5, 0.6) is 0 Å². The quantitative estimate of drug-likeness (QED) is 0.516. The maximum Gasteiger partial charge on any atom is 0.162 e. The van der Waals surface area contributed by atoms with Crippen molar-refractivity contribution in [1.82, 2.24) is 4.98 Å². The smallest absolute Gasteiger partial charge is 0.162 e. The zero-order valence-corrected chi connectivity index (χ0v) is 7.47. The van der Waals surface area contributed by atoms with Gasteiger partial charge in [0.2, 0.25) is 0 Å². The first-order valence-corrected chi connectivity index (χ1v) is 4.05. The normalized spacial score (nSPS) is 9.17. The minimum Gasteiger partial charge on any atom is -0.761 e. The monoisotopic (exact) mass is 180 g/mol. The first kappa shape index (κ1) is 8.77. The van der Waals surface area contributed by atoms with Crippen LogP contribution in [0.3, 0.4) is 0 Å². The fourth-order valence-electron chi connectivity index (χ4n) is 0.681. The molecular formula is C7H6N3OS-. The highest BCUT2D eigenvalue weighted by Crippen LogP contribution is 2.22. The molecule has 0 N–H and O–H groups in total. The summed E-state index contributed by atoms with van der Waals surface area (Å²) in [5, 5.41) is 11.5. The van der Waals surface area contributed by atoms with Crippen LogP contribution in [0.1, 0.15) is 15.6 Å². The fourth-order valence-corrected chi connectivity index (χ4v) is 1.53. The van der Waals surface area contributed by atoms with Crippen molar-refractivity contribution in [2.24, 2.45) is 5.18 Å². The van der Waals surface area contributed by atoms with Crippen molar-refractivity contribution in [3.63, 3.8) is 0 Å². The highest BCUT2D eigenvalue weighted by Gasteiger charge is 2.06. The Morgan fingerprint density at radius 3 is 2.67 bits per heavy atom. The molecule has 0 aliphatic rings. The molecule has 0 bridgehead atoms. The highest BCUT2D eigenvalue weighted by atomic mass is 32.1. The molecule has 4 nitrogen and oxygen atoms in total. The van der Waals surface area contributed by atoms with Crippen molar-refractivity contribution in [2.45, 2.75) is 13.8 Å². The van der Waals surface area contributed by atoms with E-state index in [1.54, 1.807) is 5.87 Å². The molecule has 1 rings (SSSR count). The highest BCUT2D eigenvalue weighted by molar-refractivity contribution is 7.12. The molecule has 0 aromatic carbocycles. The van der Waals surface area contributed by atoms with E-state index in [-0.39, 0.29) is 5.70 Å². The molecule has 0 spiro atoms. The van der Waals surface area contributed by atoms with E-state index in [9.17, 15) is 4.91 Å². The van der Waals surface area contributed by atoms with Crippen LogP contribution in [0.2, 0.25) is 0 Å². The predicted molar refractivity (Wildman–Crippen MR) is 49.2 cm³/mol. The van der Waals surface area contributed by atoms with Gasteiger partial charge in [0.05, 0.1) is 5.69 Å². The van der Waals surface area contributed by atoms with Crippen LogP contribution in [0.25, 0.3) is 11.1 Å². The molecule has 0 atom stereocenters. The van der Waals surface area contributed by atoms with Gasteiger partial charge in [-0.15, -0.1) is 16.2 Å². The van der Waals surface area contributed by atoms with Crippen LogP contribution >= 0.6 is 11.3 Å². The van der Waals surface area contributed by atoms with Gasteiger partial charge in [-0.1, -0.05) is 0 Å². The Balaban J connectivity index is 3.20. The summed E-state index contributed by atoms with van der Waals surface area (Å²) in [6.45, 7) is 3.71. The molecule has 0 fully saturated rings. The van der Waals surface area contributed by atoms with Gasteiger partial charge in [-0.3, -0.25) is 0 Å². The second-order valence-electron chi connectivity index (χ2n) is 2.21. The van der Waals surface area contributed by atoms with E-state index < -0.39 is 0 Å². The van der Waals surface area contributed by atoms with Crippen molar-refractivity contribution >= 4 is 22.9 Å². The molecular weight excluding hydrogens is 174 g/mol. The van der Waals surface area contributed by atoms with Gasteiger partial charge in [0.25, 0.3) is 0 Å². The van der Waals surface area contributed by atoms with Crippen LogP contribution in [-0.2, 0) is 0 Å². The van der Waals surface area contributed by atoms with Crippen molar-refractivity contribution in [3.8, 4) is 0 Å². The van der Waals surface area contributed by atoms with E-state index in [2.05, 4.69) is 10.2 Å². The van der Waals surface area contributed by atoms with Gasteiger partial charge in [0.15, 0.2) is 10.7 Å². The van der Waals surface area contributed by atoms with Crippen LogP contribution in [0.15, 0.2) is 5.18 Å². The molecule has 62 valence electrons. The third-order valence-corrected chi connectivity index (χ3v) is 2.51. The number of hydrogen-bond donors (Lipinski definition) is 0. The van der Waals surface area contributed by atoms with E-state index in [0.29, 0.717) is 5.01 Å². The summed E-state index contributed by atoms with van der Waals surface area (Å²) < 4.78 is 0. The molecule has 0 unspecified atom stereocenters. The lowest BCUT2D eigenvalue weighted by atomic mass is 10.4. The number of rotatable bonds is 2. The standard InChI is InChI=1S/C7H6N3OS/c1-4-5(2)12-7(9-4)6(3-8)10-11/h1-2H3/q-1. The average Bonchev–Trinajstić information content (AvgIpc) is 2.35. The summed E-state index contributed by atoms with van der Waals surface area (Å²) in [6, 6.07) is 0. The third-order valence-electron chi connectivity index (χ3n) is 1.43. The van der Waals surface area contributed by atoms with Crippen LogP contribution in [0, 0.1) is 18.8 Å². The summed E-state index contributed by atoms with van der Waals surface area (Å²) in [5.41, 5.74) is 0.697. The topological polar surface area (TPSA) is 64.6 Å². The molecule has 5 heteroatoms. The number of aromatic nitrogens is 1. The molecule has 0 amide bonds. The first-order chi connectivity index (χ1) is 5.69. The summed E-state index contributed by atoms with van der Waals surface area (Å²) in [4.78, 5) is 15.1. The second kappa shape index (κ2) is 3.38. The summed E-state index contributed by atoms with van der Waals surface area (Å²) in [5.74, 6) is 1.69. The number of hydrogen-bond acceptors (Lipinski definition) is 4. The molecule has 0 aliphatic heterocycles. The number of nitroso groups, excluding NO2 is 1. The maximum absolute atomic E-state index is 10.1. The van der Waals surface area contributed by atoms with E-state index in [0.717, 1.165) is 10.6 Å². The Morgan fingerprint density at radius 1 is 1.67 bits per heavy atom. The number of nitrogens with zero attached hydrogens (tertiary/aromatic N) is 3. The molecule has 0 saturated carbocycles. The molecule has 0 radical (unpaired) electrons. The van der Waals surface area contributed by atoms with E-state index in [4.69, 9.17) is 5.41 Å². The maximum atomic E-state index is 10.1. The Kier molecular flexibility index (Phi) is 2.47.